The highest BCUT2D eigenvalue weighted by Crippen LogP contribution is 2.26. The molecule has 0 bridgehead atoms. The third-order valence-electron chi connectivity index (χ3n) is 2.72. The van der Waals surface area contributed by atoms with Crippen molar-refractivity contribution in [2.24, 2.45) is 0 Å². The molecular weight excluding hydrogens is 272 g/mol. The van der Waals surface area contributed by atoms with E-state index in [2.05, 4.69) is 0 Å². The van der Waals surface area contributed by atoms with Crippen LogP contribution in [-0.4, -0.2) is 61.9 Å². The molecule has 2 nitrogen and oxygen atoms in total. The SMILES string of the molecule is CC.CC.CN1CC(F)(F)C1.CN1CCC(F)(F)CC1. The van der Waals surface area contributed by atoms with Gasteiger partial charge in [-0.3, -0.25) is 4.90 Å². The van der Waals surface area contributed by atoms with Crippen molar-refractivity contribution < 1.29 is 17.6 Å². The van der Waals surface area contributed by atoms with E-state index in [1.165, 1.54) is 0 Å². The smallest absolute Gasteiger partial charge is 0.272 e. The van der Waals surface area contributed by atoms with Gasteiger partial charge in [-0.05, 0) is 14.1 Å². The van der Waals surface area contributed by atoms with Crippen molar-refractivity contribution in [3.63, 3.8) is 0 Å². The summed E-state index contributed by atoms with van der Waals surface area (Å²) >= 11 is 0. The average molecular weight is 302 g/mol. The molecule has 0 N–H and O–H groups in total. The molecule has 0 unspecified atom stereocenters. The van der Waals surface area contributed by atoms with Gasteiger partial charge in [0.25, 0.3) is 11.8 Å². The van der Waals surface area contributed by atoms with Crippen LogP contribution in [0.2, 0.25) is 0 Å². The number of piperidine rings is 1. The van der Waals surface area contributed by atoms with Crippen molar-refractivity contribution in [1.82, 2.24) is 9.80 Å². The van der Waals surface area contributed by atoms with E-state index in [1.807, 2.05) is 39.6 Å². The van der Waals surface area contributed by atoms with E-state index in [-0.39, 0.29) is 25.9 Å². The van der Waals surface area contributed by atoms with Gasteiger partial charge < -0.3 is 4.90 Å². The lowest BCUT2D eigenvalue weighted by Gasteiger charge is -2.35. The molecule has 2 saturated heterocycles. The minimum absolute atomic E-state index is 0.0312. The molecule has 6 heteroatoms. The second-order valence-electron chi connectivity index (χ2n) is 4.69. The first-order valence-electron chi connectivity index (χ1n) is 7.33. The molecule has 0 atom stereocenters. The van der Waals surface area contributed by atoms with Crippen molar-refractivity contribution >= 4 is 0 Å². The first-order chi connectivity index (χ1) is 9.20. The molecule has 2 heterocycles. The van der Waals surface area contributed by atoms with Crippen molar-refractivity contribution in [1.29, 1.82) is 0 Å². The monoisotopic (exact) mass is 302 g/mol. The number of alkyl halides is 4. The summed E-state index contributed by atoms with van der Waals surface area (Å²) in [5.41, 5.74) is 0. The van der Waals surface area contributed by atoms with E-state index in [9.17, 15) is 17.6 Å². The van der Waals surface area contributed by atoms with Crippen LogP contribution in [0.15, 0.2) is 0 Å². The number of hydrogen-bond acceptors (Lipinski definition) is 2. The van der Waals surface area contributed by atoms with E-state index in [1.54, 1.807) is 11.9 Å². The van der Waals surface area contributed by atoms with Gasteiger partial charge in [-0.1, -0.05) is 27.7 Å². The molecule has 0 aromatic carbocycles. The standard InChI is InChI=1S/C6H11F2N.C4H7F2N.2C2H6/c1-9-4-2-6(7,8)3-5-9;1-7-2-4(5,6)3-7;2*1-2/h2-5H2,1H3;2-3H2,1H3;2*1-2H3. The first kappa shape index (κ1) is 21.9. The zero-order valence-electron chi connectivity index (χ0n) is 13.6. The van der Waals surface area contributed by atoms with Crippen molar-refractivity contribution in [3.8, 4) is 0 Å². The Hall–Kier alpha value is -0.360. The number of rotatable bonds is 0. The second kappa shape index (κ2) is 10.4. The Bertz CT molecular complexity index is 217. The van der Waals surface area contributed by atoms with Crippen LogP contribution in [0.4, 0.5) is 17.6 Å². The van der Waals surface area contributed by atoms with Gasteiger partial charge in [0.1, 0.15) is 0 Å². The minimum Gasteiger partial charge on any atom is -0.306 e. The topological polar surface area (TPSA) is 6.48 Å². The molecule has 0 saturated carbocycles. The lowest BCUT2D eigenvalue weighted by atomic mass is 10.1. The van der Waals surface area contributed by atoms with Crippen LogP contribution in [0.25, 0.3) is 0 Å². The summed E-state index contributed by atoms with van der Waals surface area (Å²) in [7, 11) is 3.55. The summed E-state index contributed by atoms with van der Waals surface area (Å²) in [4.78, 5) is 3.51. The van der Waals surface area contributed by atoms with Gasteiger partial charge >= 0.3 is 0 Å². The Balaban J connectivity index is 0. The van der Waals surface area contributed by atoms with Crippen LogP contribution in [0.3, 0.4) is 0 Å². The number of halogens is 4. The summed E-state index contributed by atoms with van der Waals surface area (Å²) in [6.45, 7) is 8.94. The van der Waals surface area contributed by atoms with E-state index in [0.717, 1.165) is 0 Å². The zero-order chi connectivity index (χ0) is 16.4. The van der Waals surface area contributed by atoms with Gasteiger partial charge in [0.15, 0.2) is 0 Å². The molecule has 2 aliphatic heterocycles. The minimum atomic E-state index is -2.38. The molecule has 0 aromatic heterocycles. The fourth-order valence-electron chi connectivity index (χ4n) is 1.69. The van der Waals surface area contributed by atoms with Crippen LogP contribution >= 0.6 is 0 Å². The molecule has 2 fully saturated rings. The van der Waals surface area contributed by atoms with E-state index < -0.39 is 11.8 Å². The van der Waals surface area contributed by atoms with Crippen LogP contribution in [0.5, 0.6) is 0 Å². The summed E-state index contributed by atoms with van der Waals surface area (Å²) in [6.07, 6.45) is 0.0625. The van der Waals surface area contributed by atoms with Gasteiger partial charge in [0.05, 0.1) is 13.1 Å². The summed E-state index contributed by atoms with van der Waals surface area (Å²) < 4.78 is 48.2. The fraction of sp³-hybridized carbons (Fsp3) is 1.00. The maximum Gasteiger partial charge on any atom is 0.272 e. The Morgan fingerprint density at radius 2 is 1.00 bits per heavy atom. The summed E-state index contributed by atoms with van der Waals surface area (Å²) in [5, 5.41) is 0. The molecular formula is C14H30F4N2. The Morgan fingerprint density at radius 1 is 0.650 bits per heavy atom. The van der Waals surface area contributed by atoms with Crippen molar-refractivity contribution in [3.05, 3.63) is 0 Å². The Labute approximate surface area is 121 Å². The molecule has 0 amide bonds. The summed E-state index contributed by atoms with van der Waals surface area (Å²) in [5.74, 6) is -4.76. The molecule has 0 spiro atoms. The number of nitrogens with zero attached hydrogens (tertiary/aromatic N) is 2. The van der Waals surface area contributed by atoms with Gasteiger partial charge in [-0.15, -0.1) is 0 Å². The molecule has 0 radical (unpaired) electrons. The lowest BCUT2D eigenvalue weighted by Crippen LogP contribution is -2.53. The van der Waals surface area contributed by atoms with E-state index in [0.29, 0.717) is 13.1 Å². The van der Waals surface area contributed by atoms with Gasteiger partial charge in [0.2, 0.25) is 0 Å². The highest BCUT2D eigenvalue weighted by Gasteiger charge is 2.41. The second-order valence-corrected chi connectivity index (χ2v) is 4.69. The third-order valence-corrected chi connectivity index (χ3v) is 2.72. The maximum absolute atomic E-state index is 12.4. The predicted octanol–water partition coefficient (Wildman–Crippen LogP) is 3.97. The van der Waals surface area contributed by atoms with Crippen LogP contribution in [-0.2, 0) is 0 Å². The zero-order valence-corrected chi connectivity index (χ0v) is 13.6. The predicted molar refractivity (Wildman–Crippen MR) is 76.8 cm³/mol. The molecule has 0 aliphatic carbocycles. The highest BCUT2D eigenvalue weighted by atomic mass is 19.3. The van der Waals surface area contributed by atoms with Crippen molar-refractivity contribution in [2.75, 3.05) is 40.3 Å². The van der Waals surface area contributed by atoms with Crippen LogP contribution in [0.1, 0.15) is 40.5 Å². The van der Waals surface area contributed by atoms with Gasteiger partial charge in [-0.2, -0.15) is 0 Å². The third kappa shape index (κ3) is 10.4. The largest absolute Gasteiger partial charge is 0.306 e. The van der Waals surface area contributed by atoms with E-state index >= 15 is 0 Å². The van der Waals surface area contributed by atoms with Crippen LogP contribution in [0, 0.1) is 0 Å². The van der Waals surface area contributed by atoms with Crippen LogP contribution < -0.4 is 0 Å². The van der Waals surface area contributed by atoms with Gasteiger partial charge in [0, 0.05) is 25.9 Å². The van der Waals surface area contributed by atoms with E-state index in [4.69, 9.17) is 0 Å². The Kier molecular flexibility index (Phi) is 11.4. The van der Waals surface area contributed by atoms with Crippen molar-refractivity contribution in [2.45, 2.75) is 52.4 Å². The average Bonchev–Trinajstić information content (AvgIpc) is 2.37. The Morgan fingerprint density at radius 3 is 1.15 bits per heavy atom. The number of likely N-dealkylation sites (tertiary alicyclic amines) is 2. The molecule has 124 valence electrons. The number of hydrogen-bond donors (Lipinski definition) is 0. The fourth-order valence-corrected chi connectivity index (χ4v) is 1.69. The van der Waals surface area contributed by atoms with Gasteiger partial charge in [-0.25, -0.2) is 17.6 Å². The lowest BCUT2D eigenvalue weighted by molar-refractivity contribution is -0.119. The normalized spacial score (nSPS) is 23.7. The molecule has 0 aromatic rings. The molecule has 20 heavy (non-hydrogen) atoms. The first-order valence-corrected chi connectivity index (χ1v) is 7.33. The highest BCUT2D eigenvalue weighted by molar-refractivity contribution is 4.83. The molecule has 2 rings (SSSR count). The molecule has 2 aliphatic rings. The maximum atomic E-state index is 12.4. The quantitative estimate of drug-likeness (QED) is 0.625. The summed E-state index contributed by atoms with van der Waals surface area (Å²) in [6, 6.07) is 0.